The highest BCUT2D eigenvalue weighted by molar-refractivity contribution is 5.71. The van der Waals surface area contributed by atoms with Crippen molar-refractivity contribution >= 4 is 65.7 Å². The predicted molar refractivity (Wildman–Crippen MR) is 206 cm³/mol. The fourth-order valence-corrected chi connectivity index (χ4v) is 7.04. The second-order valence-corrected chi connectivity index (χ2v) is 14.9. The lowest BCUT2D eigenvalue weighted by Gasteiger charge is -2.48. The van der Waals surface area contributed by atoms with E-state index in [1.165, 1.54) is 0 Å². The Hall–Kier alpha value is -6.03. The maximum absolute atomic E-state index is 12.7. The Bertz CT molecular complexity index is 1850. The van der Waals surface area contributed by atoms with Crippen LogP contribution in [0, 0.1) is 0 Å². The highest BCUT2D eigenvalue weighted by atomic mass is 16.8. The van der Waals surface area contributed by atoms with Crippen molar-refractivity contribution < 1.29 is 129 Å². The lowest BCUT2D eigenvalue weighted by molar-refractivity contribution is -0.381. The zero-order valence-corrected chi connectivity index (χ0v) is 38.3. The molecule has 0 unspecified atom stereocenters. The van der Waals surface area contributed by atoms with Crippen molar-refractivity contribution in [1.82, 2.24) is 0 Å². The Morgan fingerprint density at radius 2 is 0.507 bits per heavy atom. The van der Waals surface area contributed by atoms with Gasteiger partial charge < -0.3 is 75.8 Å². The summed E-state index contributed by atoms with van der Waals surface area (Å²) < 4.78 is 90.0. The molecule has 3 fully saturated rings. The van der Waals surface area contributed by atoms with Crippen LogP contribution < -0.4 is 0 Å². The van der Waals surface area contributed by atoms with Gasteiger partial charge in [-0.2, -0.15) is 0 Å². The van der Waals surface area contributed by atoms with Crippen LogP contribution in [0.4, 0.5) is 0 Å². The van der Waals surface area contributed by atoms with Gasteiger partial charge in [0.15, 0.2) is 61.2 Å². The number of carbonyl (C=O) groups is 11. The van der Waals surface area contributed by atoms with Gasteiger partial charge in [-0.15, -0.1) is 0 Å². The summed E-state index contributed by atoms with van der Waals surface area (Å²) in [6.45, 7) is 8.65. The summed E-state index contributed by atoms with van der Waals surface area (Å²) in [6, 6.07) is 0. The Morgan fingerprint density at radius 3 is 0.776 bits per heavy atom. The minimum Gasteiger partial charge on any atom is -0.463 e. The van der Waals surface area contributed by atoms with Gasteiger partial charge in [0.2, 0.25) is 12.6 Å². The molecule has 3 rings (SSSR count). The number of ether oxygens (including phenoxy) is 16. The van der Waals surface area contributed by atoms with E-state index >= 15 is 0 Å². The highest BCUT2D eigenvalue weighted by Crippen LogP contribution is 2.37. The van der Waals surface area contributed by atoms with Crippen molar-refractivity contribution in [2.24, 2.45) is 0 Å². The molecule has 0 amide bonds. The number of carbonyl (C=O) groups excluding carboxylic acids is 11. The first-order valence-corrected chi connectivity index (χ1v) is 20.3. The molecule has 3 aliphatic heterocycles. The molecule has 376 valence electrons. The molecule has 0 aromatic heterocycles. The molecule has 0 aliphatic carbocycles. The van der Waals surface area contributed by atoms with Gasteiger partial charge in [-0.05, 0) is 0 Å². The zero-order chi connectivity index (χ0) is 50.4. The van der Waals surface area contributed by atoms with Crippen LogP contribution in [0.2, 0.25) is 0 Å². The maximum atomic E-state index is 12.7. The SMILES string of the molecule is CC(=O)OC[C@H]1O[C@@H](OC[C@H]2O[C@H](O[C@H]3O[C@H](COC(C)=O)[C@@H](OC(C)=O)[C@H](OC(C)=O)[C@H]3OC(C)=O)[C@H](OC(C)=O)[C@@H](OC(C)=O)[C@@H]2OC(C)=O)[C@H](OC(C)=O)[C@@H](OC(C)=O)[C@@H]1OC(C)=O. The van der Waals surface area contributed by atoms with Gasteiger partial charge in [-0.25, -0.2) is 0 Å². The van der Waals surface area contributed by atoms with Crippen molar-refractivity contribution in [3.63, 3.8) is 0 Å². The lowest BCUT2D eigenvalue weighted by Crippen LogP contribution is -2.67. The van der Waals surface area contributed by atoms with Crippen molar-refractivity contribution in [3.05, 3.63) is 0 Å². The maximum Gasteiger partial charge on any atom is 0.303 e. The van der Waals surface area contributed by atoms with Crippen LogP contribution >= 0.6 is 0 Å². The third kappa shape index (κ3) is 17.0. The summed E-state index contributed by atoms with van der Waals surface area (Å²) in [5, 5.41) is 0. The molecule has 0 aromatic carbocycles. The Balaban J connectivity index is 2.23. The topological polar surface area (TPSA) is 335 Å². The monoisotopic (exact) mass is 966 g/mol. The van der Waals surface area contributed by atoms with Crippen LogP contribution in [-0.4, -0.2) is 178 Å². The number of hydrogen-bond donors (Lipinski definition) is 0. The van der Waals surface area contributed by atoms with Gasteiger partial charge in [0, 0.05) is 76.2 Å². The molecular weight excluding hydrogens is 912 g/mol. The Labute approximate surface area is 382 Å². The fourth-order valence-electron chi connectivity index (χ4n) is 7.04. The molecule has 15 atom stereocenters. The van der Waals surface area contributed by atoms with E-state index in [1.807, 2.05) is 0 Å². The molecular formula is C40H54O27. The van der Waals surface area contributed by atoms with E-state index in [0.717, 1.165) is 76.2 Å². The molecule has 3 heterocycles. The van der Waals surface area contributed by atoms with Gasteiger partial charge in [-0.3, -0.25) is 52.7 Å². The third-order valence-corrected chi connectivity index (χ3v) is 9.09. The molecule has 67 heavy (non-hydrogen) atoms. The van der Waals surface area contributed by atoms with Gasteiger partial charge in [0.05, 0.1) is 6.61 Å². The Morgan fingerprint density at radius 1 is 0.284 bits per heavy atom. The average molecular weight is 967 g/mol. The second-order valence-electron chi connectivity index (χ2n) is 14.9. The summed E-state index contributed by atoms with van der Waals surface area (Å²) in [5.74, 6) is -10.5. The van der Waals surface area contributed by atoms with Crippen LogP contribution in [-0.2, 0) is 129 Å². The van der Waals surface area contributed by atoms with E-state index in [4.69, 9.17) is 75.8 Å². The largest absolute Gasteiger partial charge is 0.463 e. The summed E-state index contributed by atoms with van der Waals surface area (Å²) in [7, 11) is 0. The molecule has 3 aliphatic rings. The number of rotatable bonds is 18. The van der Waals surface area contributed by atoms with E-state index in [9.17, 15) is 52.7 Å². The van der Waals surface area contributed by atoms with Gasteiger partial charge in [-0.1, -0.05) is 0 Å². The van der Waals surface area contributed by atoms with Crippen LogP contribution in [0.3, 0.4) is 0 Å². The van der Waals surface area contributed by atoms with E-state index in [0.29, 0.717) is 0 Å². The van der Waals surface area contributed by atoms with Crippen molar-refractivity contribution in [1.29, 1.82) is 0 Å². The first-order valence-electron chi connectivity index (χ1n) is 20.3. The van der Waals surface area contributed by atoms with E-state index < -0.39 is 178 Å². The predicted octanol–water partition coefficient (Wildman–Crippen LogP) is -1.29. The number of hydrogen-bond acceptors (Lipinski definition) is 27. The van der Waals surface area contributed by atoms with Gasteiger partial charge in [0.1, 0.15) is 31.5 Å². The van der Waals surface area contributed by atoms with Crippen LogP contribution in [0.15, 0.2) is 0 Å². The minimum atomic E-state index is -2.07. The van der Waals surface area contributed by atoms with Crippen LogP contribution in [0.25, 0.3) is 0 Å². The second kappa shape index (κ2) is 25.2. The smallest absolute Gasteiger partial charge is 0.303 e. The molecule has 0 bridgehead atoms. The summed E-state index contributed by atoms with van der Waals surface area (Å²) in [4.78, 5) is 136. The molecule has 0 radical (unpaired) electrons. The molecule has 0 spiro atoms. The van der Waals surface area contributed by atoms with Gasteiger partial charge >= 0.3 is 65.7 Å². The molecule has 27 heteroatoms. The zero-order valence-electron chi connectivity index (χ0n) is 38.3. The molecule has 3 saturated heterocycles. The van der Waals surface area contributed by atoms with Gasteiger partial charge in [0.25, 0.3) is 0 Å². The summed E-state index contributed by atoms with van der Waals surface area (Å²) >= 11 is 0. The Kier molecular flexibility index (Phi) is 20.8. The first-order chi connectivity index (χ1) is 31.3. The molecule has 0 saturated carbocycles. The fraction of sp³-hybridized carbons (Fsp3) is 0.725. The normalized spacial score (nSPS) is 31.2. The summed E-state index contributed by atoms with van der Waals surface area (Å²) in [6.07, 6.45) is -26.6. The number of esters is 11. The highest BCUT2D eigenvalue weighted by Gasteiger charge is 2.59. The van der Waals surface area contributed by atoms with Crippen molar-refractivity contribution in [3.8, 4) is 0 Å². The van der Waals surface area contributed by atoms with Crippen molar-refractivity contribution in [2.45, 2.75) is 168 Å². The standard InChI is InChI=1S/C40H54O27/c1-15(41)52-12-26-29(55-17(3)43)32(58-20(6)46)35(61-23(9)49)38(64-26)54-14-28-31(57-19(5)45)34(60-22(8)48)37(63-25(11)51)40(66-28)67-39-36(62-24(10)50)33(59-21(7)47)30(56-18(4)44)27(65-39)13-53-16(2)42/h26-40H,12-14H2,1-11H3/t26-,27-,28-,29-,30-,31-,32+,33+,34+,35-,36-,37-,38-,39-,40-/m1/s1. The summed E-state index contributed by atoms with van der Waals surface area (Å²) in [5.41, 5.74) is 0. The van der Waals surface area contributed by atoms with E-state index in [-0.39, 0.29) is 0 Å². The average Bonchev–Trinajstić information content (AvgIpc) is 3.17. The van der Waals surface area contributed by atoms with E-state index in [2.05, 4.69) is 0 Å². The molecule has 0 aromatic rings. The molecule has 27 nitrogen and oxygen atoms in total. The third-order valence-electron chi connectivity index (χ3n) is 9.09. The van der Waals surface area contributed by atoms with Crippen LogP contribution in [0.1, 0.15) is 76.2 Å². The lowest BCUT2D eigenvalue weighted by atomic mass is 9.96. The first kappa shape index (κ1) is 55.3. The minimum absolute atomic E-state index is 0.641. The molecule has 0 N–H and O–H groups in total. The quantitative estimate of drug-likeness (QED) is 0.114. The van der Waals surface area contributed by atoms with Crippen LogP contribution in [0.5, 0.6) is 0 Å². The van der Waals surface area contributed by atoms with E-state index in [1.54, 1.807) is 0 Å². The van der Waals surface area contributed by atoms with Crippen molar-refractivity contribution in [2.75, 3.05) is 19.8 Å².